The Bertz CT molecular complexity index is 396. The quantitative estimate of drug-likeness (QED) is 0.882. The molecule has 1 aromatic carbocycles. The molecule has 2 heteroatoms. The maximum absolute atomic E-state index is 6.03. The van der Waals surface area contributed by atoms with Gasteiger partial charge in [-0.05, 0) is 43.2 Å². The third-order valence-electron chi connectivity index (χ3n) is 4.19. The Kier molecular flexibility index (Phi) is 3.80. The van der Waals surface area contributed by atoms with E-state index >= 15 is 0 Å². The molecule has 18 heavy (non-hydrogen) atoms. The van der Waals surface area contributed by atoms with Crippen LogP contribution in [0.4, 0.5) is 0 Å². The molecule has 1 nitrogen and oxygen atoms in total. The molecule has 0 saturated heterocycles. The first-order valence-corrected chi connectivity index (χ1v) is 7.62. The van der Waals surface area contributed by atoms with Gasteiger partial charge in [0.15, 0.2) is 0 Å². The lowest BCUT2D eigenvalue weighted by Crippen LogP contribution is -2.50. The molecule has 0 bridgehead atoms. The van der Waals surface area contributed by atoms with Crippen LogP contribution in [0.1, 0.15) is 39.2 Å². The molecule has 100 valence electrons. The second kappa shape index (κ2) is 4.90. The van der Waals surface area contributed by atoms with Crippen molar-refractivity contribution in [2.45, 2.75) is 50.2 Å². The minimum absolute atomic E-state index is 0.285. The summed E-state index contributed by atoms with van der Waals surface area (Å²) in [6, 6.07) is 8.82. The van der Waals surface area contributed by atoms with Gasteiger partial charge in [0.05, 0.1) is 0 Å². The van der Waals surface area contributed by atoms with E-state index in [9.17, 15) is 0 Å². The van der Waals surface area contributed by atoms with Crippen LogP contribution in [-0.4, -0.2) is 11.3 Å². The number of rotatable bonds is 3. The number of nitrogens with two attached hydrogens (primary N) is 1. The molecular formula is C16H25NS. The molecule has 0 atom stereocenters. The highest BCUT2D eigenvalue weighted by atomic mass is 32.2. The van der Waals surface area contributed by atoms with Gasteiger partial charge in [0.25, 0.3) is 0 Å². The van der Waals surface area contributed by atoms with Gasteiger partial charge < -0.3 is 5.73 Å². The van der Waals surface area contributed by atoms with E-state index in [-0.39, 0.29) is 4.75 Å². The van der Waals surface area contributed by atoms with E-state index in [2.05, 4.69) is 52.0 Å². The second-order valence-corrected chi connectivity index (χ2v) is 8.32. The first-order valence-electron chi connectivity index (χ1n) is 6.80. The van der Waals surface area contributed by atoms with E-state index in [1.165, 1.54) is 23.3 Å². The van der Waals surface area contributed by atoms with Crippen LogP contribution in [0.2, 0.25) is 0 Å². The van der Waals surface area contributed by atoms with E-state index in [0.29, 0.717) is 5.41 Å². The molecule has 0 spiro atoms. The SMILES string of the molecule is Cc1ccc(SC2(CN)CC(C(C)(C)C)C2)cc1. The summed E-state index contributed by atoms with van der Waals surface area (Å²) >= 11 is 1.98. The van der Waals surface area contributed by atoms with Crippen molar-refractivity contribution in [3.05, 3.63) is 29.8 Å². The molecule has 2 rings (SSSR count). The van der Waals surface area contributed by atoms with E-state index in [4.69, 9.17) is 5.73 Å². The van der Waals surface area contributed by atoms with E-state index < -0.39 is 0 Å². The highest BCUT2D eigenvalue weighted by Crippen LogP contribution is 2.55. The Hall–Kier alpha value is -0.470. The van der Waals surface area contributed by atoms with Gasteiger partial charge in [0, 0.05) is 16.2 Å². The van der Waals surface area contributed by atoms with Crippen LogP contribution in [0.5, 0.6) is 0 Å². The van der Waals surface area contributed by atoms with Crippen LogP contribution in [0.3, 0.4) is 0 Å². The molecule has 0 aliphatic heterocycles. The summed E-state index contributed by atoms with van der Waals surface area (Å²) in [6.07, 6.45) is 2.51. The van der Waals surface area contributed by atoms with Gasteiger partial charge in [-0.25, -0.2) is 0 Å². The number of hydrogen-bond donors (Lipinski definition) is 1. The predicted molar refractivity (Wildman–Crippen MR) is 81.0 cm³/mol. The van der Waals surface area contributed by atoms with Crippen LogP contribution in [0.25, 0.3) is 0 Å². The summed E-state index contributed by atoms with van der Waals surface area (Å²) in [5, 5.41) is 0. The maximum Gasteiger partial charge on any atom is 0.0335 e. The zero-order valence-electron chi connectivity index (χ0n) is 12.0. The number of thioether (sulfide) groups is 1. The summed E-state index contributed by atoms with van der Waals surface area (Å²) in [7, 11) is 0. The monoisotopic (exact) mass is 263 g/mol. The van der Waals surface area contributed by atoms with Crippen LogP contribution >= 0.6 is 11.8 Å². The van der Waals surface area contributed by atoms with Crippen LogP contribution in [-0.2, 0) is 0 Å². The minimum atomic E-state index is 0.285. The molecule has 0 amide bonds. The van der Waals surface area contributed by atoms with Gasteiger partial charge in [0.2, 0.25) is 0 Å². The normalized spacial score (nSPS) is 27.9. The van der Waals surface area contributed by atoms with Crippen LogP contribution < -0.4 is 5.73 Å². The Balaban J connectivity index is 2.02. The van der Waals surface area contributed by atoms with Crippen molar-refractivity contribution >= 4 is 11.8 Å². The van der Waals surface area contributed by atoms with Crippen molar-refractivity contribution in [3.8, 4) is 0 Å². The lowest BCUT2D eigenvalue weighted by Gasteiger charge is -2.52. The summed E-state index contributed by atoms with van der Waals surface area (Å²) in [4.78, 5) is 1.36. The van der Waals surface area contributed by atoms with Gasteiger partial charge in [-0.15, -0.1) is 11.8 Å². The third kappa shape index (κ3) is 2.92. The van der Waals surface area contributed by atoms with Gasteiger partial charge in [-0.2, -0.15) is 0 Å². The molecule has 1 aliphatic carbocycles. The molecule has 1 aliphatic rings. The standard InChI is InChI=1S/C16H25NS/c1-12-5-7-14(8-6-12)18-16(11-17)9-13(10-16)15(2,3)4/h5-8,13H,9-11,17H2,1-4H3. The van der Waals surface area contributed by atoms with Crippen LogP contribution in [0, 0.1) is 18.3 Å². The lowest BCUT2D eigenvalue weighted by atomic mass is 9.62. The highest BCUT2D eigenvalue weighted by molar-refractivity contribution is 8.00. The largest absolute Gasteiger partial charge is 0.329 e. The van der Waals surface area contributed by atoms with Crippen molar-refractivity contribution in [2.75, 3.05) is 6.54 Å². The Morgan fingerprint density at radius 1 is 1.22 bits per heavy atom. The fraction of sp³-hybridized carbons (Fsp3) is 0.625. The molecule has 1 saturated carbocycles. The fourth-order valence-corrected chi connectivity index (χ4v) is 4.02. The van der Waals surface area contributed by atoms with E-state index in [1.807, 2.05) is 11.8 Å². The summed E-state index contributed by atoms with van der Waals surface area (Å²) in [5.41, 5.74) is 7.78. The smallest absolute Gasteiger partial charge is 0.0335 e. The highest BCUT2D eigenvalue weighted by Gasteiger charge is 2.48. The molecule has 0 radical (unpaired) electrons. The Morgan fingerprint density at radius 2 is 1.78 bits per heavy atom. The summed E-state index contributed by atoms with van der Waals surface area (Å²) < 4.78 is 0.285. The number of hydrogen-bond acceptors (Lipinski definition) is 2. The van der Waals surface area contributed by atoms with Crippen molar-refractivity contribution in [1.29, 1.82) is 0 Å². The van der Waals surface area contributed by atoms with E-state index in [0.717, 1.165) is 12.5 Å². The minimum Gasteiger partial charge on any atom is -0.329 e. The van der Waals surface area contributed by atoms with Crippen molar-refractivity contribution in [2.24, 2.45) is 17.1 Å². The number of benzene rings is 1. The first-order chi connectivity index (χ1) is 8.35. The topological polar surface area (TPSA) is 26.0 Å². The molecule has 0 aromatic heterocycles. The van der Waals surface area contributed by atoms with Crippen molar-refractivity contribution in [3.63, 3.8) is 0 Å². The van der Waals surface area contributed by atoms with Gasteiger partial charge in [-0.3, -0.25) is 0 Å². The molecule has 0 unspecified atom stereocenters. The van der Waals surface area contributed by atoms with Crippen molar-refractivity contribution in [1.82, 2.24) is 0 Å². The summed E-state index contributed by atoms with van der Waals surface area (Å²) in [5.74, 6) is 0.819. The number of aryl methyl sites for hydroxylation is 1. The van der Waals surface area contributed by atoms with Crippen molar-refractivity contribution < 1.29 is 0 Å². The predicted octanol–water partition coefficient (Wildman–Crippen LogP) is 4.24. The average molecular weight is 263 g/mol. The third-order valence-corrected chi connectivity index (χ3v) is 5.63. The maximum atomic E-state index is 6.03. The average Bonchev–Trinajstić information content (AvgIpc) is 2.24. The molecule has 1 aromatic rings. The first kappa shape index (κ1) is 14.0. The Labute approximate surface area is 116 Å². The molecule has 2 N–H and O–H groups in total. The van der Waals surface area contributed by atoms with Gasteiger partial charge in [0.1, 0.15) is 0 Å². The Morgan fingerprint density at radius 3 is 2.22 bits per heavy atom. The van der Waals surface area contributed by atoms with Gasteiger partial charge >= 0.3 is 0 Å². The van der Waals surface area contributed by atoms with E-state index in [1.54, 1.807) is 0 Å². The second-order valence-electron chi connectivity index (χ2n) is 6.77. The molecule has 1 fully saturated rings. The van der Waals surface area contributed by atoms with Crippen LogP contribution in [0.15, 0.2) is 29.2 Å². The fourth-order valence-electron chi connectivity index (χ4n) is 2.60. The lowest BCUT2D eigenvalue weighted by molar-refractivity contribution is 0.102. The molecular weight excluding hydrogens is 238 g/mol. The van der Waals surface area contributed by atoms with Gasteiger partial charge in [-0.1, -0.05) is 38.5 Å². The molecule has 0 heterocycles. The summed E-state index contributed by atoms with van der Waals surface area (Å²) in [6.45, 7) is 9.95. The zero-order valence-corrected chi connectivity index (χ0v) is 12.8. The zero-order chi connectivity index (χ0) is 13.4.